The normalized spacial score (nSPS) is 14.3. The highest BCUT2D eigenvalue weighted by molar-refractivity contribution is 7.85. The van der Waals surface area contributed by atoms with Gasteiger partial charge in [-0.1, -0.05) is 30.3 Å². The van der Waals surface area contributed by atoms with E-state index in [1.54, 1.807) is 11.3 Å². The summed E-state index contributed by atoms with van der Waals surface area (Å²) in [5.41, 5.74) is 1.87. The SMILES string of the molecule is C/C(=N\[S@](=O)C(C)(C)C)c1ncc(-c2ccccc2)s1. The summed E-state index contributed by atoms with van der Waals surface area (Å²) in [4.78, 5) is 5.48. The lowest BCUT2D eigenvalue weighted by Crippen LogP contribution is -2.20. The summed E-state index contributed by atoms with van der Waals surface area (Å²) in [5.74, 6) is 0. The minimum atomic E-state index is -1.25. The third-order valence-electron chi connectivity index (χ3n) is 2.62. The predicted octanol–water partition coefficient (Wildman–Crippen LogP) is 4.08. The molecule has 0 aliphatic carbocycles. The molecular formula is C15H18N2OS2. The number of rotatable bonds is 3. The summed E-state index contributed by atoms with van der Waals surface area (Å²) >= 11 is 1.57. The molecule has 2 aromatic rings. The standard InChI is InChI=1S/C15H18N2OS2/c1-11(17-20(18)15(2,3)4)14-16-10-13(19-14)12-8-6-5-7-9-12/h5-10H,1-4H3/b17-11+/t20-/m1/s1. The fourth-order valence-corrected chi connectivity index (χ4v) is 3.01. The van der Waals surface area contributed by atoms with Gasteiger partial charge in [-0.25, -0.2) is 9.19 Å². The van der Waals surface area contributed by atoms with Gasteiger partial charge in [-0.15, -0.1) is 11.3 Å². The molecule has 1 aromatic heterocycles. The van der Waals surface area contributed by atoms with Crippen molar-refractivity contribution in [2.75, 3.05) is 0 Å². The van der Waals surface area contributed by atoms with Crippen LogP contribution >= 0.6 is 11.3 Å². The van der Waals surface area contributed by atoms with E-state index in [2.05, 4.69) is 21.5 Å². The van der Waals surface area contributed by atoms with E-state index >= 15 is 0 Å². The van der Waals surface area contributed by atoms with Crippen LogP contribution in [0.5, 0.6) is 0 Å². The molecule has 5 heteroatoms. The van der Waals surface area contributed by atoms with Crippen LogP contribution in [0.2, 0.25) is 0 Å². The Morgan fingerprint density at radius 1 is 1.25 bits per heavy atom. The molecule has 0 saturated carbocycles. The first-order valence-electron chi connectivity index (χ1n) is 6.37. The van der Waals surface area contributed by atoms with Crippen molar-refractivity contribution in [2.45, 2.75) is 32.4 Å². The molecule has 0 radical (unpaired) electrons. The number of aromatic nitrogens is 1. The molecule has 0 aliphatic rings. The van der Waals surface area contributed by atoms with Crippen LogP contribution in [0.4, 0.5) is 0 Å². The highest BCUT2D eigenvalue weighted by Crippen LogP contribution is 2.26. The third kappa shape index (κ3) is 3.61. The van der Waals surface area contributed by atoms with Crippen molar-refractivity contribution in [1.29, 1.82) is 0 Å². The average molecular weight is 306 g/mol. The Morgan fingerprint density at radius 2 is 1.90 bits per heavy atom. The largest absolute Gasteiger partial charge is 0.243 e. The molecule has 1 heterocycles. The molecule has 1 aromatic carbocycles. The number of benzene rings is 1. The quantitative estimate of drug-likeness (QED) is 0.802. The van der Waals surface area contributed by atoms with Gasteiger partial charge in [-0.05, 0) is 33.3 Å². The molecule has 106 valence electrons. The maximum atomic E-state index is 12.0. The Labute approximate surface area is 126 Å². The van der Waals surface area contributed by atoms with Crippen molar-refractivity contribution in [3.05, 3.63) is 41.5 Å². The molecule has 0 N–H and O–H groups in total. The lowest BCUT2D eigenvalue weighted by atomic mass is 10.2. The molecule has 3 nitrogen and oxygen atoms in total. The van der Waals surface area contributed by atoms with Gasteiger partial charge < -0.3 is 0 Å². The second-order valence-electron chi connectivity index (χ2n) is 5.43. The predicted molar refractivity (Wildman–Crippen MR) is 87.7 cm³/mol. The molecule has 0 bridgehead atoms. The van der Waals surface area contributed by atoms with Crippen LogP contribution in [-0.2, 0) is 11.0 Å². The number of hydrogen-bond acceptors (Lipinski definition) is 3. The summed E-state index contributed by atoms with van der Waals surface area (Å²) in [6.45, 7) is 7.60. The maximum Gasteiger partial charge on any atom is 0.145 e. The lowest BCUT2D eigenvalue weighted by Gasteiger charge is -2.13. The minimum absolute atomic E-state index is 0.346. The van der Waals surface area contributed by atoms with E-state index in [0.29, 0.717) is 0 Å². The summed E-state index contributed by atoms with van der Waals surface area (Å²) in [5, 5.41) is 0.821. The van der Waals surface area contributed by atoms with Gasteiger partial charge in [0.1, 0.15) is 16.0 Å². The molecule has 0 aliphatic heterocycles. The van der Waals surface area contributed by atoms with Gasteiger partial charge in [0.25, 0.3) is 0 Å². The van der Waals surface area contributed by atoms with E-state index in [1.165, 1.54) is 0 Å². The number of thiazole rings is 1. The van der Waals surface area contributed by atoms with Gasteiger partial charge in [0, 0.05) is 6.20 Å². The zero-order valence-corrected chi connectivity index (χ0v) is 13.7. The monoisotopic (exact) mass is 306 g/mol. The Morgan fingerprint density at radius 3 is 2.50 bits per heavy atom. The minimum Gasteiger partial charge on any atom is -0.243 e. The van der Waals surface area contributed by atoms with Gasteiger partial charge in [-0.3, -0.25) is 0 Å². The van der Waals surface area contributed by atoms with Crippen LogP contribution in [0, 0.1) is 0 Å². The summed E-state index contributed by atoms with van der Waals surface area (Å²) < 4.78 is 15.9. The molecular weight excluding hydrogens is 288 g/mol. The van der Waals surface area contributed by atoms with Crippen molar-refractivity contribution < 1.29 is 4.21 Å². The van der Waals surface area contributed by atoms with Crippen LogP contribution in [0.25, 0.3) is 10.4 Å². The average Bonchev–Trinajstić information content (AvgIpc) is 2.88. The molecule has 2 rings (SSSR count). The van der Waals surface area contributed by atoms with Crippen molar-refractivity contribution in [2.24, 2.45) is 4.40 Å². The Balaban J connectivity index is 2.25. The fourth-order valence-electron chi connectivity index (χ4n) is 1.48. The van der Waals surface area contributed by atoms with Crippen LogP contribution in [-0.4, -0.2) is 19.7 Å². The van der Waals surface area contributed by atoms with Crippen molar-refractivity contribution in [3.63, 3.8) is 0 Å². The van der Waals surface area contributed by atoms with Crippen LogP contribution in [0.3, 0.4) is 0 Å². The highest BCUT2D eigenvalue weighted by atomic mass is 32.2. The molecule has 1 atom stereocenters. The van der Waals surface area contributed by atoms with E-state index in [4.69, 9.17) is 0 Å². The van der Waals surface area contributed by atoms with Crippen LogP contribution < -0.4 is 0 Å². The number of hydrogen-bond donors (Lipinski definition) is 0. The second-order valence-corrected chi connectivity index (χ2v) is 8.37. The van der Waals surface area contributed by atoms with E-state index in [9.17, 15) is 4.21 Å². The fraction of sp³-hybridized carbons (Fsp3) is 0.333. The van der Waals surface area contributed by atoms with E-state index < -0.39 is 11.0 Å². The highest BCUT2D eigenvalue weighted by Gasteiger charge is 2.19. The van der Waals surface area contributed by atoms with E-state index in [0.717, 1.165) is 21.2 Å². The van der Waals surface area contributed by atoms with Crippen LogP contribution in [0.15, 0.2) is 40.9 Å². The van der Waals surface area contributed by atoms with Gasteiger partial charge in [-0.2, -0.15) is 4.40 Å². The third-order valence-corrected chi connectivity index (χ3v) is 5.26. The Hall–Kier alpha value is -1.33. The van der Waals surface area contributed by atoms with Gasteiger partial charge in [0.05, 0.1) is 15.3 Å². The smallest absolute Gasteiger partial charge is 0.145 e. The van der Waals surface area contributed by atoms with Crippen LogP contribution in [0.1, 0.15) is 32.7 Å². The first kappa shape index (κ1) is 15.1. The van der Waals surface area contributed by atoms with Gasteiger partial charge in [0.15, 0.2) is 0 Å². The van der Waals surface area contributed by atoms with E-state index in [-0.39, 0.29) is 4.75 Å². The topological polar surface area (TPSA) is 42.3 Å². The van der Waals surface area contributed by atoms with Gasteiger partial charge >= 0.3 is 0 Å². The molecule has 0 amide bonds. The second kappa shape index (κ2) is 5.97. The van der Waals surface area contributed by atoms with Gasteiger partial charge in [0.2, 0.25) is 0 Å². The summed E-state index contributed by atoms with van der Waals surface area (Å²) in [7, 11) is -1.25. The molecule has 0 spiro atoms. The van der Waals surface area contributed by atoms with Crippen molar-refractivity contribution >= 4 is 28.0 Å². The molecule has 0 saturated heterocycles. The Bertz CT molecular complexity index is 639. The zero-order chi connectivity index (χ0) is 14.8. The zero-order valence-electron chi connectivity index (χ0n) is 12.1. The summed E-state index contributed by atoms with van der Waals surface area (Å²) in [6.07, 6.45) is 1.84. The molecule has 0 fully saturated rings. The molecule has 0 unspecified atom stereocenters. The molecule has 20 heavy (non-hydrogen) atoms. The maximum absolute atomic E-state index is 12.0. The first-order valence-corrected chi connectivity index (χ1v) is 8.29. The number of nitrogens with zero attached hydrogens (tertiary/aromatic N) is 2. The van der Waals surface area contributed by atoms with Crippen molar-refractivity contribution in [1.82, 2.24) is 4.98 Å². The Kier molecular flexibility index (Phi) is 4.50. The van der Waals surface area contributed by atoms with Crippen molar-refractivity contribution in [3.8, 4) is 10.4 Å². The van der Waals surface area contributed by atoms with E-state index in [1.807, 2.05) is 52.1 Å². The summed E-state index contributed by atoms with van der Waals surface area (Å²) in [6, 6.07) is 10.1. The lowest BCUT2D eigenvalue weighted by molar-refractivity contribution is 0.650. The first-order chi connectivity index (χ1) is 9.38.